The summed E-state index contributed by atoms with van der Waals surface area (Å²) < 4.78 is 10.5. The number of carbonyl (C=O) groups excluding carboxylic acids is 2. The first-order valence-corrected chi connectivity index (χ1v) is 9.63. The monoisotopic (exact) mass is 390 g/mol. The van der Waals surface area contributed by atoms with E-state index in [0.717, 1.165) is 24.8 Å². The van der Waals surface area contributed by atoms with Crippen LogP contribution in [0.25, 0.3) is 11.3 Å². The van der Waals surface area contributed by atoms with E-state index in [1.54, 1.807) is 42.4 Å². The van der Waals surface area contributed by atoms with Gasteiger partial charge in [-0.3, -0.25) is 4.79 Å². The Bertz CT molecular complexity index is 996. The number of aromatic nitrogens is 1. The molecule has 148 valence electrons. The Morgan fingerprint density at radius 1 is 1.17 bits per heavy atom. The second-order valence-electron chi connectivity index (χ2n) is 7.13. The quantitative estimate of drug-likeness (QED) is 0.615. The molecular formula is C23H22N2O4. The Kier molecular flexibility index (Phi) is 5.42. The third-order valence-corrected chi connectivity index (χ3v) is 5.36. The predicted molar refractivity (Wildman–Crippen MR) is 107 cm³/mol. The minimum atomic E-state index is -0.528. The first kappa shape index (κ1) is 18.9. The lowest BCUT2D eigenvalue weighted by Crippen LogP contribution is -2.36. The van der Waals surface area contributed by atoms with Gasteiger partial charge in [0.15, 0.2) is 18.8 Å². The van der Waals surface area contributed by atoms with Crippen molar-refractivity contribution < 1.29 is 18.7 Å². The maximum atomic E-state index is 12.6. The Labute approximate surface area is 169 Å². The number of hydrogen-bond acceptors (Lipinski definition) is 5. The Hall–Kier alpha value is -3.41. The molecule has 0 spiro atoms. The molecule has 0 saturated heterocycles. The van der Waals surface area contributed by atoms with Crippen LogP contribution < -0.4 is 0 Å². The summed E-state index contributed by atoms with van der Waals surface area (Å²) in [7, 11) is 1.77. The van der Waals surface area contributed by atoms with E-state index < -0.39 is 5.97 Å². The fourth-order valence-electron chi connectivity index (χ4n) is 3.75. The van der Waals surface area contributed by atoms with Crippen molar-refractivity contribution in [1.29, 1.82) is 0 Å². The van der Waals surface area contributed by atoms with Gasteiger partial charge in [-0.1, -0.05) is 36.4 Å². The third kappa shape index (κ3) is 4.06. The van der Waals surface area contributed by atoms with Gasteiger partial charge < -0.3 is 14.1 Å². The van der Waals surface area contributed by atoms with Crippen LogP contribution in [0.5, 0.6) is 0 Å². The number of esters is 1. The van der Waals surface area contributed by atoms with Crippen LogP contribution in [0.4, 0.5) is 0 Å². The van der Waals surface area contributed by atoms with Gasteiger partial charge in [0.1, 0.15) is 0 Å². The number of oxazole rings is 1. The molecule has 1 heterocycles. The number of nitrogens with zero attached hydrogens (tertiary/aromatic N) is 2. The molecule has 29 heavy (non-hydrogen) atoms. The normalized spacial score (nSPS) is 15.4. The molecule has 6 heteroatoms. The van der Waals surface area contributed by atoms with Crippen molar-refractivity contribution in [2.24, 2.45) is 0 Å². The molecule has 1 aliphatic carbocycles. The van der Waals surface area contributed by atoms with Crippen LogP contribution in [0.3, 0.4) is 0 Å². The summed E-state index contributed by atoms with van der Waals surface area (Å²) in [5, 5.41) is 0. The maximum absolute atomic E-state index is 12.6. The van der Waals surface area contributed by atoms with Crippen molar-refractivity contribution >= 4 is 11.9 Å². The number of fused-ring (bicyclic) bond motifs is 1. The average molecular weight is 390 g/mol. The minimum absolute atomic E-state index is 0.0207. The molecule has 1 amide bonds. The van der Waals surface area contributed by atoms with Gasteiger partial charge in [-0.2, -0.15) is 0 Å². The highest BCUT2D eigenvalue weighted by atomic mass is 16.5. The first-order valence-electron chi connectivity index (χ1n) is 9.63. The lowest BCUT2D eigenvalue weighted by Gasteiger charge is -2.33. The van der Waals surface area contributed by atoms with Crippen molar-refractivity contribution in [3.8, 4) is 11.3 Å². The van der Waals surface area contributed by atoms with Gasteiger partial charge in [0.25, 0.3) is 5.91 Å². The minimum Gasteiger partial charge on any atom is -0.452 e. The first-order chi connectivity index (χ1) is 14.1. The number of likely N-dealkylation sites (N-methyl/N-ethyl adjacent to an activating group) is 1. The number of benzene rings is 2. The fraction of sp³-hybridized carbons (Fsp3) is 0.261. The molecule has 6 nitrogen and oxygen atoms in total. The summed E-state index contributed by atoms with van der Waals surface area (Å²) in [6, 6.07) is 15.0. The molecule has 0 radical (unpaired) electrons. The molecule has 1 atom stereocenters. The summed E-state index contributed by atoms with van der Waals surface area (Å²) in [5.74, 6) is -0.118. The van der Waals surface area contributed by atoms with Crippen molar-refractivity contribution in [2.75, 3.05) is 13.7 Å². The summed E-state index contributed by atoms with van der Waals surface area (Å²) in [6.45, 7) is -0.280. The lowest BCUT2D eigenvalue weighted by atomic mass is 9.87. The molecule has 3 aromatic rings. The van der Waals surface area contributed by atoms with Crippen LogP contribution in [0.15, 0.2) is 65.5 Å². The molecule has 0 N–H and O–H groups in total. The number of rotatable bonds is 5. The highest BCUT2D eigenvalue weighted by Gasteiger charge is 2.27. The fourth-order valence-corrected chi connectivity index (χ4v) is 3.75. The molecular weight excluding hydrogens is 368 g/mol. The summed E-state index contributed by atoms with van der Waals surface area (Å²) >= 11 is 0. The van der Waals surface area contributed by atoms with Crippen LogP contribution in [-0.4, -0.2) is 35.4 Å². The number of hydrogen-bond donors (Lipinski definition) is 0. The van der Waals surface area contributed by atoms with Crippen LogP contribution in [-0.2, 0) is 16.0 Å². The van der Waals surface area contributed by atoms with Gasteiger partial charge in [-0.25, -0.2) is 9.78 Å². The molecule has 1 unspecified atom stereocenters. The topological polar surface area (TPSA) is 72.6 Å². The highest BCUT2D eigenvalue weighted by Crippen LogP contribution is 2.33. The second kappa shape index (κ2) is 8.31. The predicted octanol–water partition coefficient (Wildman–Crippen LogP) is 4.03. The molecule has 4 rings (SSSR count). The summed E-state index contributed by atoms with van der Waals surface area (Å²) in [4.78, 5) is 30.5. The van der Waals surface area contributed by atoms with Gasteiger partial charge in [-0.15, -0.1) is 0 Å². The van der Waals surface area contributed by atoms with E-state index in [1.807, 2.05) is 12.1 Å². The number of aryl methyl sites for hydroxylation is 1. The Morgan fingerprint density at radius 3 is 2.72 bits per heavy atom. The van der Waals surface area contributed by atoms with E-state index in [4.69, 9.17) is 9.15 Å². The van der Waals surface area contributed by atoms with Crippen molar-refractivity contribution in [2.45, 2.75) is 25.3 Å². The molecule has 2 aromatic carbocycles. The van der Waals surface area contributed by atoms with Crippen LogP contribution >= 0.6 is 0 Å². The van der Waals surface area contributed by atoms with E-state index in [2.05, 4.69) is 17.1 Å². The number of ether oxygens (including phenoxy) is 1. The van der Waals surface area contributed by atoms with Crippen molar-refractivity contribution in [3.05, 3.63) is 77.8 Å². The number of amides is 1. The zero-order valence-corrected chi connectivity index (χ0v) is 16.2. The summed E-state index contributed by atoms with van der Waals surface area (Å²) in [5.41, 5.74) is 3.66. The zero-order valence-electron chi connectivity index (χ0n) is 16.2. The molecule has 0 bridgehead atoms. The van der Waals surface area contributed by atoms with E-state index in [9.17, 15) is 9.59 Å². The van der Waals surface area contributed by atoms with Crippen molar-refractivity contribution in [3.63, 3.8) is 0 Å². The van der Waals surface area contributed by atoms with E-state index in [1.165, 1.54) is 17.5 Å². The smallest absolute Gasteiger partial charge is 0.338 e. The highest BCUT2D eigenvalue weighted by molar-refractivity contribution is 5.91. The van der Waals surface area contributed by atoms with Gasteiger partial charge in [-0.05, 0) is 42.5 Å². The molecule has 0 fully saturated rings. The molecule has 1 aromatic heterocycles. The Balaban J connectivity index is 1.36. The molecule has 0 saturated carbocycles. The average Bonchev–Trinajstić information content (AvgIpc) is 3.31. The van der Waals surface area contributed by atoms with Crippen molar-refractivity contribution in [1.82, 2.24) is 9.88 Å². The maximum Gasteiger partial charge on any atom is 0.338 e. The lowest BCUT2D eigenvalue weighted by molar-refractivity contribution is -0.135. The van der Waals surface area contributed by atoms with E-state index in [-0.39, 0.29) is 18.6 Å². The van der Waals surface area contributed by atoms with Gasteiger partial charge in [0.05, 0.1) is 17.8 Å². The zero-order chi connectivity index (χ0) is 20.2. The second-order valence-corrected chi connectivity index (χ2v) is 7.13. The van der Waals surface area contributed by atoms with Gasteiger partial charge in [0.2, 0.25) is 0 Å². The van der Waals surface area contributed by atoms with Crippen LogP contribution in [0.1, 0.15) is 40.4 Å². The van der Waals surface area contributed by atoms with E-state index in [0.29, 0.717) is 11.3 Å². The standard InChI is InChI=1S/C23H22N2O4/c1-25(20-8-4-6-16-5-2-3-7-19(16)20)22(26)14-28-23(27)18-11-9-17(10-12-18)21-13-24-15-29-21/h2-3,5,7,9-13,15,20H,4,6,8,14H2,1H3. The Morgan fingerprint density at radius 2 is 1.97 bits per heavy atom. The van der Waals surface area contributed by atoms with Crippen LogP contribution in [0, 0.1) is 0 Å². The van der Waals surface area contributed by atoms with E-state index >= 15 is 0 Å². The largest absolute Gasteiger partial charge is 0.452 e. The molecule has 0 aliphatic heterocycles. The third-order valence-electron chi connectivity index (χ3n) is 5.36. The van der Waals surface area contributed by atoms with Gasteiger partial charge >= 0.3 is 5.97 Å². The number of carbonyl (C=O) groups is 2. The summed E-state index contributed by atoms with van der Waals surface area (Å²) in [6.07, 6.45) is 5.94. The SMILES string of the molecule is CN(C(=O)COC(=O)c1ccc(-c2cnco2)cc1)C1CCCc2ccccc21. The van der Waals surface area contributed by atoms with Crippen LogP contribution in [0.2, 0.25) is 0 Å². The molecule has 1 aliphatic rings. The van der Waals surface area contributed by atoms with Gasteiger partial charge in [0, 0.05) is 12.6 Å².